The molecule has 0 spiro atoms. The van der Waals surface area contributed by atoms with Crippen molar-refractivity contribution in [2.75, 3.05) is 6.61 Å². The predicted octanol–water partition coefficient (Wildman–Crippen LogP) is 7.51. The van der Waals surface area contributed by atoms with Crippen molar-refractivity contribution in [1.29, 1.82) is 0 Å². The Morgan fingerprint density at radius 1 is 0.854 bits per heavy atom. The lowest BCUT2D eigenvalue weighted by molar-refractivity contribution is 0.0958. The topological polar surface area (TPSA) is 101 Å². The van der Waals surface area contributed by atoms with Crippen molar-refractivity contribution in [3.05, 3.63) is 72.8 Å². The summed E-state index contributed by atoms with van der Waals surface area (Å²) in [5, 5.41) is 16.1. The maximum Gasteiger partial charge on any atom is 0.216 e. The van der Waals surface area contributed by atoms with Crippen LogP contribution in [-0.4, -0.2) is 47.4 Å². The fourth-order valence-corrected chi connectivity index (χ4v) is 5.68. The van der Waals surface area contributed by atoms with Crippen LogP contribution in [0.2, 0.25) is 0 Å². The van der Waals surface area contributed by atoms with Crippen molar-refractivity contribution in [2.45, 2.75) is 94.5 Å². The minimum atomic E-state index is -0.762. The molecule has 10 heteroatoms. The largest absolute Gasteiger partial charge is 0.493 e. The van der Waals surface area contributed by atoms with Gasteiger partial charge in [0, 0.05) is 0 Å². The summed E-state index contributed by atoms with van der Waals surface area (Å²) in [5.74, 6) is 0.419. The molecule has 0 aliphatic heterocycles. The molecular formula is C31H41N7O2S. The summed E-state index contributed by atoms with van der Waals surface area (Å²) < 4.78 is 9.26. The van der Waals surface area contributed by atoms with Crippen LogP contribution in [0.5, 0.6) is 5.75 Å². The van der Waals surface area contributed by atoms with Crippen LogP contribution < -0.4 is 4.74 Å². The maximum atomic E-state index is 13.9. The van der Waals surface area contributed by atoms with Gasteiger partial charge in [-0.2, -0.15) is 9.78 Å². The normalized spacial score (nSPS) is 11.9. The molecule has 4 aromatic rings. The van der Waals surface area contributed by atoms with Gasteiger partial charge in [0.2, 0.25) is 10.9 Å². The Morgan fingerprint density at radius 3 is 2.20 bits per heavy atom. The minimum Gasteiger partial charge on any atom is -0.493 e. The van der Waals surface area contributed by atoms with Gasteiger partial charge in [0.15, 0.2) is 5.37 Å². The fourth-order valence-electron chi connectivity index (χ4n) is 4.70. The Balaban J connectivity index is 1.29. The molecule has 218 valence electrons. The molecule has 1 unspecified atom stereocenters. The van der Waals surface area contributed by atoms with Gasteiger partial charge < -0.3 is 4.74 Å². The van der Waals surface area contributed by atoms with Crippen LogP contribution in [0.4, 0.5) is 0 Å². The van der Waals surface area contributed by atoms with Crippen molar-refractivity contribution in [3.8, 4) is 11.4 Å². The quantitative estimate of drug-likeness (QED) is 0.0606. The molecule has 0 N–H and O–H groups in total. The van der Waals surface area contributed by atoms with Crippen molar-refractivity contribution < 1.29 is 9.53 Å². The molecule has 0 aliphatic carbocycles. The number of hydrogen-bond acceptors (Lipinski definition) is 8. The van der Waals surface area contributed by atoms with Crippen molar-refractivity contribution >= 4 is 17.5 Å². The highest BCUT2D eigenvalue weighted by atomic mass is 32.2. The van der Waals surface area contributed by atoms with Crippen LogP contribution in [-0.2, 0) is 0 Å². The molecule has 1 atom stereocenters. The first-order chi connectivity index (χ1) is 20.3. The first-order valence-electron chi connectivity index (χ1n) is 14.9. The smallest absolute Gasteiger partial charge is 0.216 e. The van der Waals surface area contributed by atoms with E-state index in [0.29, 0.717) is 23.1 Å². The van der Waals surface area contributed by atoms with Gasteiger partial charge in [-0.25, -0.2) is 9.67 Å². The van der Waals surface area contributed by atoms with Crippen LogP contribution >= 0.6 is 11.8 Å². The molecule has 0 bridgehead atoms. The van der Waals surface area contributed by atoms with Crippen LogP contribution in [0.1, 0.15) is 99.7 Å². The van der Waals surface area contributed by atoms with Crippen LogP contribution in [0, 0.1) is 0 Å². The number of benzene rings is 2. The molecule has 0 radical (unpaired) electrons. The lowest BCUT2D eigenvalue weighted by Gasteiger charge is -2.17. The SMILES string of the molecule is CCCCCCCCCCCCCCOc1ccccc1C(=O)C(Sc1nnnn1-c1ccccc1)n1cncn1. The van der Waals surface area contributed by atoms with E-state index in [1.54, 1.807) is 10.7 Å². The molecule has 0 amide bonds. The van der Waals surface area contributed by atoms with E-state index in [1.165, 1.54) is 93.3 Å². The zero-order chi connectivity index (χ0) is 28.5. The van der Waals surface area contributed by atoms with Gasteiger partial charge in [0.1, 0.15) is 18.4 Å². The van der Waals surface area contributed by atoms with Crippen molar-refractivity contribution in [2.24, 2.45) is 0 Å². The van der Waals surface area contributed by atoms with Crippen LogP contribution in [0.3, 0.4) is 0 Å². The molecule has 9 nitrogen and oxygen atoms in total. The third-order valence-electron chi connectivity index (χ3n) is 6.97. The van der Waals surface area contributed by atoms with Gasteiger partial charge in [-0.05, 0) is 52.9 Å². The number of tetrazole rings is 1. The molecule has 2 heterocycles. The zero-order valence-corrected chi connectivity index (χ0v) is 24.8. The standard InChI is InChI=1S/C31H41N7O2S/c1-2-3-4-5-6-7-8-9-10-11-12-18-23-40-28-22-17-16-21-27(28)29(39)30(37-25-32-24-33-37)41-31-34-35-36-38(31)26-19-14-13-15-20-26/h13-17,19-22,24-25,30H,2-12,18,23H2,1H3. The summed E-state index contributed by atoms with van der Waals surface area (Å²) >= 11 is 1.22. The summed E-state index contributed by atoms with van der Waals surface area (Å²) in [6, 6.07) is 17.0. The van der Waals surface area contributed by atoms with E-state index in [9.17, 15) is 4.79 Å². The highest BCUT2D eigenvalue weighted by Crippen LogP contribution is 2.35. The van der Waals surface area contributed by atoms with Gasteiger partial charge >= 0.3 is 0 Å². The zero-order valence-electron chi connectivity index (χ0n) is 24.0. The van der Waals surface area contributed by atoms with Crippen molar-refractivity contribution in [1.82, 2.24) is 35.0 Å². The van der Waals surface area contributed by atoms with Gasteiger partial charge in [0.05, 0.1) is 17.9 Å². The second-order valence-electron chi connectivity index (χ2n) is 10.2. The summed E-state index contributed by atoms with van der Waals surface area (Å²) in [6.45, 7) is 2.84. The van der Waals surface area contributed by atoms with Crippen LogP contribution in [0.25, 0.3) is 5.69 Å². The second-order valence-corrected chi connectivity index (χ2v) is 11.2. The van der Waals surface area contributed by atoms with E-state index in [1.807, 2.05) is 48.5 Å². The first kappa shape index (κ1) is 30.4. The number of carbonyl (C=O) groups is 1. The van der Waals surface area contributed by atoms with Gasteiger partial charge in [0.25, 0.3) is 0 Å². The summed E-state index contributed by atoms with van der Waals surface area (Å²) in [5.41, 5.74) is 1.30. The number of thioether (sulfide) groups is 1. The summed E-state index contributed by atoms with van der Waals surface area (Å²) in [6.07, 6.45) is 18.4. The van der Waals surface area contributed by atoms with E-state index >= 15 is 0 Å². The van der Waals surface area contributed by atoms with Gasteiger partial charge in [-0.3, -0.25) is 4.79 Å². The number of nitrogens with zero attached hydrogens (tertiary/aromatic N) is 7. The molecule has 2 aromatic carbocycles. The Morgan fingerprint density at radius 2 is 1.51 bits per heavy atom. The molecule has 0 saturated heterocycles. The highest BCUT2D eigenvalue weighted by molar-refractivity contribution is 7.99. The number of ketones is 1. The first-order valence-corrected chi connectivity index (χ1v) is 15.8. The predicted molar refractivity (Wildman–Crippen MR) is 161 cm³/mol. The number of unbranched alkanes of at least 4 members (excludes halogenated alkanes) is 11. The minimum absolute atomic E-state index is 0.159. The molecule has 41 heavy (non-hydrogen) atoms. The average molecular weight is 576 g/mol. The third kappa shape index (κ3) is 9.52. The van der Waals surface area contributed by atoms with E-state index in [0.717, 1.165) is 18.5 Å². The number of carbonyl (C=O) groups excluding carboxylic acids is 1. The van der Waals surface area contributed by atoms with Crippen LogP contribution in [0.15, 0.2) is 72.4 Å². The second kappa shape index (κ2) is 17.3. The maximum absolute atomic E-state index is 13.9. The number of ether oxygens (including phenoxy) is 1. The number of Topliss-reactive ketones (excluding diaryl/α,β-unsaturated/α-hetero) is 1. The molecular weight excluding hydrogens is 534 g/mol. The molecule has 2 aromatic heterocycles. The van der Waals surface area contributed by atoms with Gasteiger partial charge in [-0.1, -0.05) is 108 Å². The van der Waals surface area contributed by atoms with E-state index < -0.39 is 5.37 Å². The number of rotatable bonds is 20. The Bertz CT molecular complexity index is 1280. The fraction of sp³-hybridized carbons (Fsp3) is 0.484. The van der Waals surface area contributed by atoms with E-state index in [-0.39, 0.29) is 5.78 Å². The number of aromatic nitrogens is 7. The summed E-state index contributed by atoms with van der Waals surface area (Å²) in [4.78, 5) is 18.0. The Kier molecular flexibility index (Phi) is 12.9. The van der Waals surface area contributed by atoms with Crippen molar-refractivity contribution in [3.63, 3.8) is 0 Å². The third-order valence-corrected chi connectivity index (χ3v) is 8.09. The lowest BCUT2D eigenvalue weighted by atomic mass is 10.1. The molecule has 0 fully saturated rings. The summed E-state index contributed by atoms with van der Waals surface area (Å²) in [7, 11) is 0. The molecule has 0 aliphatic rings. The van der Waals surface area contributed by atoms with E-state index in [4.69, 9.17) is 4.74 Å². The molecule has 4 rings (SSSR count). The lowest BCUT2D eigenvalue weighted by Crippen LogP contribution is -2.19. The Hall–Kier alpha value is -3.53. The highest BCUT2D eigenvalue weighted by Gasteiger charge is 2.29. The average Bonchev–Trinajstić information content (AvgIpc) is 3.71. The van der Waals surface area contributed by atoms with Gasteiger partial charge in [-0.15, -0.1) is 5.10 Å². The monoisotopic (exact) mass is 575 g/mol. The Labute approximate surface area is 247 Å². The van der Waals surface area contributed by atoms with E-state index in [2.05, 4.69) is 32.5 Å². The molecule has 0 saturated carbocycles. The number of para-hydroxylation sites is 2. The number of hydrogen-bond donors (Lipinski definition) is 0.